The minimum Gasteiger partial charge on any atom is -0.507 e. The molecule has 2 heterocycles. The zero-order valence-corrected chi connectivity index (χ0v) is 21.7. The van der Waals surface area contributed by atoms with Crippen LogP contribution in [0.2, 0.25) is 0 Å². The highest BCUT2D eigenvalue weighted by Crippen LogP contribution is 2.57. The summed E-state index contributed by atoms with van der Waals surface area (Å²) in [5, 5.41) is 25.6. The Bertz CT molecular complexity index is 1630. The Morgan fingerprint density at radius 1 is 1.18 bits per heavy atom. The maximum atomic E-state index is 13.9. The SMILES string of the molecule is COc1ccc2[nH]cc(CCN/C(C)=C3\C(=O)C=C4Oc5c(C(C)=O)c(O)c(C)c(O)c5[C@]4(C)C3=O)c2c1. The molecule has 2 aliphatic rings. The Labute approximate surface area is 218 Å². The number of aromatic nitrogens is 1. The van der Waals surface area contributed by atoms with Crippen LogP contribution in [0.4, 0.5) is 0 Å². The summed E-state index contributed by atoms with van der Waals surface area (Å²) in [6, 6.07) is 5.77. The number of ketones is 3. The Morgan fingerprint density at radius 2 is 1.92 bits per heavy atom. The van der Waals surface area contributed by atoms with Gasteiger partial charge in [-0.2, -0.15) is 0 Å². The number of H-pyrrole nitrogens is 1. The molecule has 1 aromatic heterocycles. The fourth-order valence-corrected chi connectivity index (χ4v) is 5.33. The van der Waals surface area contributed by atoms with Crippen molar-refractivity contribution in [2.45, 2.75) is 39.5 Å². The van der Waals surface area contributed by atoms with Crippen molar-refractivity contribution >= 4 is 28.3 Å². The van der Waals surface area contributed by atoms with Crippen molar-refractivity contribution in [3.63, 3.8) is 0 Å². The number of nitrogens with one attached hydrogen (secondary N) is 2. The number of allylic oxidation sites excluding steroid dienone is 4. The molecule has 0 unspecified atom stereocenters. The molecule has 0 saturated carbocycles. The number of ether oxygens (including phenoxy) is 2. The number of hydrogen-bond acceptors (Lipinski definition) is 8. The quantitative estimate of drug-likeness (QED) is 0.220. The topological polar surface area (TPSA) is 138 Å². The lowest BCUT2D eigenvalue weighted by Gasteiger charge is -2.29. The first-order valence-corrected chi connectivity index (χ1v) is 12.2. The first-order valence-electron chi connectivity index (χ1n) is 12.2. The maximum Gasteiger partial charge on any atom is 0.194 e. The first kappa shape index (κ1) is 25.1. The summed E-state index contributed by atoms with van der Waals surface area (Å²) >= 11 is 0. The van der Waals surface area contributed by atoms with Crippen LogP contribution < -0.4 is 14.8 Å². The number of rotatable bonds is 6. The van der Waals surface area contributed by atoms with Gasteiger partial charge in [0, 0.05) is 41.0 Å². The van der Waals surface area contributed by atoms with Gasteiger partial charge in [0.05, 0.1) is 18.2 Å². The fraction of sp³-hybridized carbons (Fsp3) is 0.276. The lowest BCUT2D eigenvalue weighted by molar-refractivity contribution is -0.123. The van der Waals surface area contributed by atoms with Gasteiger partial charge in [0.25, 0.3) is 0 Å². The van der Waals surface area contributed by atoms with E-state index in [1.54, 1.807) is 21.0 Å². The van der Waals surface area contributed by atoms with Crippen molar-refractivity contribution in [2.24, 2.45) is 0 Å². The number of Topliss-reactive ketones (excluding diaryl/α,β-unsaturated/α-hetero) is 2. The molecule has 0 spiro atoms. The highest BCUT2D eigenvalue weighted by Gasteiger charge is 2.56. The second-order valence-corrected chi connectivity index (χ2v) is 9.79. The third kappa shape index (κ3) is 3.49. The van der Waals surface area contributed by atoms with Gasteiger partial charge in [0.15, 0.2) is 17.3 Å². The van der Waals surface area contributed by atoms with E-state index in [4.69, 9.17) is 9.47 Å². The first-order chi connectivity index (χ1) is 18.0. The summed E-state index contributed by atoms with van der Waals surface area (Å²) in [5.74, 6) is -1.71. The van der Waals surface area contributed by atoms with Gasteiger partial charge >= 0.3 is 0 Å². The zero-order valence-electron chi connectivity index (χ0n) is 21.7. The second-order valence-electron chi connectivity index (χ2n) is 9.79. The van der Waals surface area contributed by atoms with Crippen LogP contribution in [0.5, 0.6) is 23.0 Å². The van der Waals surface area contributed by atoms with E-state index < -0.39 is 28.5 Å². The van der Waals surface area contributed by atoms with Gasteiger partial charge in [0.1, 0.15) is 39.7 Å². The van der Waals surface area contributed by atoms with Gasteiger partial charge in [-0.05, 0) is 57.9 Å². The highest BCUT2D eigenvalue weighted by molar-refractivity contribution is 6.31. The van der Waals surface area contributed by atoms with Crippen LogP contribution in [-0.2, 0) is 21.4 Å². The Balaban J connectivity index is 1.48. The maximum absolute atomic E-state index is 13.9. The lowest BCUT2D eigenvalue weighted by Crippen LogP contribution is -2.41. The van der Waals surface area contributed by atoms with Gasteiger partial charge in [-0.1, -0.05) is 0 Å². The van der Waals surface area contributed by atoms with E-state index >= 15 is 0 Å². The van der Waals surface area contributed by atoms with E-state index in [0.717, 1.165) is 22.2 Å². The smallest absolute Gasteiger partial charge is 0.194 e. The summed E-state index contributed by atoms with van der Waals surface area (Å²) in [4.78, 5) is 42.5. The lowest BCUT2D eigenvalue weighted by atomic mass is 9.70. The van der Waals surface area contributed by atoms with E-state index in [9.17, 15) is 24.6 Å². The highest BCUT2D eigenvalue weighted by atomic mass is 16.5. The molecule has 0 radical (unpaired) electrons. The number of carbonyl (C=O) groups excluding carboxylic acids is 3. The molecular formula is C29H28N2O7. The number of phenolic OH excluding ortho intramolecular Hbond substituents is 2. The number of aromatic amines is 1. The Kier molecular flexibility index (Phi) is 5.82. The molecule has 5 rings (SSSR count). The van der Waals surface area contributed by atoms with Crippen molar-refractivity contribution in [3.05, 3.63) is 69.8 Å². The fourth-order valence-electron chi connectivity index (χ4n) is 5.33. The van der Waals surface area contributed by atoms with Crippen LogP contribution >= 0.6 is 0 Å². The molecular weight excluding hydrogens is 488 g/mol. The third-order valence-corrected chi connectivity index (χ3v) is 7.52. The minimum absolute atomic E-state index is 0.00888. The standard InChI is InChI=1S/C29H28N2O7/c1-13-25(34)23(15(3)32)27-24(26(13)35)29(4)21(38-27)11-20(33)22(28(29)36)14(2)30-9-8-16-12-31-19-7-6-17(37-5)10-18(16)19/h6-7,10-12,30-31,34-35H,8-9H2,1-5H3/b22-14+/t29-/m1/s1. The molecule has 196 valence electrons. The second kappa shape index (κ2) is 8.79. The van der Waals surface area contributed by atoms with Crippen molar-refractivity contribution in [1.29, 1.82) is 0 Å². The molecule has 9 heteroatoms. The van der Waals surface area contributed by atoms with Crippen molar-refractivity contribution < 1.29 is 34.1 Å². The number of fused-ring (bicyclic) bond motifs is 4. The molecule has 0 bridgehead atoms. The van der Waals surface area contributed by atoms with E-state index in [1.165, 1.54) is 19.9 Å². The van der Waals surface area contributed by atoms with E-state index in [-0.39, 0.29) is 39.5 Å². The number of methoxy groups -OCH3 is 1. The molecule has 38 heavy (non-hydrogen) atoms. The monoisotopic (exact) mass is 516 g/mol. The predicted molar refractivity (Wildman–Crippen MR) is 140 cm³/mol. The molecule has 0 saturated heterocycles. The molecule has 0 amide bonds. The number of aromatic hydroxyl groups is 2. The summed E-state index contributed by atoms with van der Waals surface area (Å²) < 4.78 is 11.1. The van der Waals surface area contributed by atoms with Crippen LogP contribution in [0.1, 0.15) is 47.8 Å². The molecule has 1 atom stereocenters. The molecule has 0 fully saturated rings. The number of phenols is 2. The van der Waals surface area contributed by atoms with Gasteiger partial charge in [-0.15, -0.1) is 0 Å². The van der Waals surface area contributed by atoms with Crippen LogP contribution in [0.15, 0.2) is 47.5 Å². The predicted octanol–water partition coefficient (Wildman–Crippen LogP) is 3.89. The summed E-state index contributed by atoms with van der Waals surface area (Å²) in [7, 11) is 1.61. The molecule has 9 nitrogen and oxygen atoms in total. The average Bonchev–Trinajstić information content (AvgIpc) is 3.41. The van der Waals surface area contributed by atoms with Crippen molar-refractivity contribution in [2.75, 3.05) is 13.7 Å². The van der Waals surface area contributed by atoms with E-state index in [2.05, 4.69) is 10.3 Å². The van der Waals surface area contributed by atoms with Gasteiger partial charge in [0.2, 0.25) is 0 Å². The van der Waals surface area contributed by atoms with Crippen LogP contribution in [0, 0.1) is 6.92 Å². The minimum atomic E-state index is -1.54. The molecule has 4 N–H and O–H groups in total. The van der Waals surface area contributed by atoms with Gasteiger partial charge in [-0.3, -0.25) is 14.4 Å². The Hall–Kier alpha value is -4.53. The van der Waals surface area contributed by atoms with Crippen molar-refractivity contribution in [3.8, 4) is 23.0 Å². The summed E-state index contributed by atoms with van der Waals surface area (Å²) in [6.45, 7) is 6.36. The molecule has 3 aromatic rings. The van der Waals surface area contributed by atoms with Crippen LogP contribution in [-0.4, -0.2) is 46.2 Å². The Morgan fingerprint density at radius 3 is 2.61 bits per heavy atom. The van der Waals surface area contributed by atoms with E-state index in [0.29, 0.717) is 18.7 Å². The zero-order chi connectivity index (χ0) is 27.5. The van der Waals surface area contributed by atoms with Gasteiger partial charge < -0.3 is 30.0 Å². The molecule has 1 aliphatic carbocycles. The number of benzene rings is 2. The van der Waals surface area contributed by atoms with Gasteiger partial charge in [-0.25, -0.2) is 0 Å². The number of carbonyl (C=O) groups is 3. The van der Waals surface area contributed by atoms with Crippen LogP contribution in [0.25, 0.3) is 10.9 Å². The third-order valence-electron chi connectivity index (χ3n) is 7.52. The molecule has 2 aromatic carbocycles. The molecule has 1 aliphatic heterocycles. The van der Waals surface area contributed by atoms with Crippen molar-refractivity contribution in [1.82, 2.24) is 10.3 Å². The van der Waals surface area contributed by atoms with Crippen LogP contribution in [0.3, 0.4) is 0 Å². The summed E-state index contributed by atoms with van der Waals surface area (Å²) in [6.07, 6.45) is 3.75. The number of hydrogen-bond donors (Lipinski definition) is 4. The van der Waals surface area contributed by atoms with E-state index in [1.807, 2.05) is 24.4 Å². The normalized spacial score (nSPS) is 19.6. The largest absolute Gasteiger partial charge is 0.507 e. The summed E-state index contributed by atoms with van der Waals surface area (Å²) in [5.41, 5.74) is 0.816. The average molecular weight is 517 g/mol.